The number of nitrogens with zero attached hydrogens (tertiary/aromatic N) is 6. The number of hydrogen-bond acceptors (Lipinski definition) is 6. The molecule has 6 rings (SSSR count). The highest BCUT2D eigenvalue weighted by molar-refractivity contribution is 6.33. The molecule has 0 radical (unpaired) electrons. The van der Waals surface area contributed by atoms with E-state index in [0.717, 1.165) is 56.5 Å². The molecule has 0 aliphatic carbocycles. The summed E-state index contributed by atoms with van der Waals surface area (Å²) in [4.78, 5) is 30.0. The van der Waals surface area contributed by atoms with Crippen LogP contribution in [0.15, 0.2) is 73.2 Å². The van der Waals surface area contributed by atoms with Crippen LogP contribution >= 0.6 is 34.8 Å². The Kier molecular flexibility index (Phi) is 9.36. The second kappa shape index (κ2) is 13.4. The zero-order valence-electron chi connectivity index (χ0n) is 24.2. The quantitative estimate of drug-likeness (QED) is 0.214. The number of imidazole rings is 1. The van der Waals surface area contributed by atoms with Crippen LogP contribution in [-0.4, -0.2) is 75.0 Å². The van der Waals surface area contributed by atoms with E-state index in [2.05, 4.69) is 38.7 Å². The van der Waals surface area contributed by atoms with Gasteiger partial charge in [-0.25, -0.2) is 9.97 Å². The number of anilines is 1. The maximum Gasteiger partial charge on any atom is 0.263 e. The fourth-order valence-electron chi connectivity index (χ4n) is 6.36. The monoisotopic (exact) mass is 636 g/mol. The molecule has 2 aromatic heterocycles. The number of aromatic nitrogens is 3. The van der Waals surface area contributed by atoms with Gasteiger partial charge in [0.1, 0.15) is 11.6 Å². The summed E-state index contributed by atoms with van der Waals surface area (Å²) in [6.45, 7) is 8.20. The van der Waals surface area contributed by atoms with Crippen LogP contribution in [0.25, 0.3) is 11.4 Å². The van der Waals surface area contributed by atoms with Gasteiger partial charge in [-0.15, -0.1) is 0 Å². The summed E-state index contributed by atoms with van der Waals surface area (Å²) >= 11 is 18.9. The molecule has 0 unspecified atom stereocenters. The molecule has 1 atom stereocenters. The van der Waals surface area contributed by atoms with E-state index in [-0.39, 0.29) is 5.91 Å². The van der Waals surface area contributed by atoms with Gasteiger partial charge in [-0.2, -0.15) is 0 Å². The van der Waals surface area contributed by atoms with Crippen molar-refractivity contribution in [1.29, 1.82) is 0 Å². The minimum Gasteiger partial charge on any atom is -0.353 e. The third kappa shape index (κ3) is 6.76. The van der Waals surface area contributed by atoms with E-state index in [4.69, 9.17) is 39.8 Å². The maximum atomic E-state index is 13.2. The molecule has 2 aliphatic heterocycles. The summed E-state index contributed by atoms with van der Waals surface area (Å²) in [7, 11) is 0. The number of pyridine rings is 1. The molecular weight excluding hydrogens is 603 g/mol. The number of rotatable bonds is 7. The lowest BCUT2D eigenvalue weighted by atomic mass is 9.98. The first kappa shape index (κ1) is 30.1. The molecule has 4 aromatic rings. The van der Waals surface area contributed by atoms with Gasteiger partial charge in [0.25, 0.3) is 5.91 Å². The molecule has 2 fully saturated rings. The number of halogens is 3. The third-order valence-corrected chi connectivity index (χ3v) is 9.46. The van der Waals surface area contributed by atoms with Gasteiger partial charge in [0.05, 0.1) is 5.02 Å². The normalized spacial score (nSPS) is 18.7. The molecule has 2 aromatic carbocycles. The number of carbonyl (C=O) groups is 1. The first-order valence-electron chi connectivity index (χ1n) is 14.9. The van der Waals surface area contributed by atoms with Crippen molar-refractivity contribution in [3.8, 4) is 11.4 Å². The zero-order valence-corrected chi connectivity index (χ0v) is 26.4. The van der Waals surface area contributed by atoms with Gasteiger partial charge >= 0.3 is 0 Å². The van der Waals surface area contributed by atoms with Crippen LogP contribution in [0.3, 0.4) is 0 Å². The Hall–Kier alpha value is -2.94. The van der Waals surface area contributed by atoms with Gasteiger partial charge in [0.15, 0.2) is 0 Å². The van der Waals surface area contributed by atoms with Crippen molar-refractivity contribution in [2.24, 2.45) is 0 Å². The Balaban J connectivity index is 1.09. The second-order valence-electron chi connectivity index (χ2n) is 11.3. The molecule has 4 heterocycles. The predicted molar refractivity (Wildman–Crippen MR) is 174 cm³/mol. The molecule has 43 heavy (non-hydrogen) atoms. The van der Waals surface area contributed by atoms with Gasteiger partial charge in [0, 0.05) is 78.0 Å². The van der Waals surface area contributed by atoms with Crippen LogP contribution in [0.4, 0.5) is 5.82 Å². The van der Waals surface area contributed by atoms with Crippen molar-refractivity contribution >= 4 is 46.5 Å². The van der Waals surface area contributed by atoms with Crippen LogP contribution in [0.2, 0.25) is 15.1 Å². The number of carbonyl (C=O) groups excluding carboxylic acids is 1. The summed E-state index contributed by atoms with van der Waals surface area (Å²) < 4.78 is 1.52. The molecule has 0 bridgehead atoms. The molecule has 224 valence electrons. The smallest absolute Gasteiger partial charge is 0.263 e. The van der Waals surface area contributed by atoms with E-state index in [0.29, 0.717) is 39.1 Å². The Labute approximate surface area is 268 Å². The lowest BCUT2D eigenvalue weighted by molar-refractivity contribution is 0.0610. The molecule has 0 N–H and O–H groups in total. The number of likely N-dealkylation sites (tertiary alicyclic amines) is 1. The fourth-order valence-corrected chi connectivity index (χ4v) is 6.90. The molecular formula is C33H35Cl3N6O. The van der Waals surface area contributed by atoms with Crippen LogP contribution in [0, 0.1) is 0 Å². The first-order valence-corrected chi connectivity index (χ1v) is 16.0. The first-order chi connectivity index (χ1) is 20.9. The van der Waals surface area contributed by atoms with Crippen molar-refractivity contribution in [3.05, 3.63) is 99.4 Å². The lowest BCUT2D eigenvalue weighted by Crippen LogP contribution is -2.58. The SMILES string of the molecule is CC[C@H]1CN(c2ncc(-c3nccn3C(=O)c3ccc(Cl)cc3)cc2Cl)CCN1C1CCN(Cc2ccc(Cl)cc2)CC1. The summed E-state index contributed by atoms with van der Waals surface area (Å²) in [5, 5.41) is 1.93. The van der Waals surface area contributed by atoms with Crippen molar-refractivity contribution < 1.29 is 4.79 Å². The van der Waals surface area contributed by atoms with Crippen molar-refractivity contribution in [2.75, 3.05) is 37.6 Å². The molecule has 10 heteroatoms. The van der Waals surface area contributed by atoms with Crippen molar-refractivity contribution in [3.63, 3.8) is 0 Å². The van der Waals surface area contributed by atoms with E-state index < -0.39 is 0 Å². The summed E-state index contributed by atoms with van der Waals surface area (Å²) in [5.41, 5.74) is 2.53. The van der Waals surface area contributed by atoms with Gasteiger partial charge < -0.3 is 4.90 Å². The van der Waals surface area contributed by atoms with Crippen LogP contribution in [0.1, 0.15) is 42.1 Å². The van der Waals surface area contributed by atoms with Crippen LogP contribution in [0.5, 0.6) is 0 Å². The summed E-state index contributed by atoms with van der Waals surface area (Å²) in [6.07, 6.45) is 8.46. The summed E-state index contributed by atoms with van der Waals surface area (Å²) in [6, 6.07) is 17.9. The zero-order chi connectivity index (χ0) is 29.9. The average Bonchev–Trinajstić information content (AvgIpc) is 3.52. The van der Waals surface area contributed by atoms with Crippen molar-refractivity contribution in [1.82, 2.24) is 24.3 Å². The van der Waals surface area contributed by atoms with E-state index in [1.807, 2.05) is 18.2 Å². The minimum absolute atomic E-state index is 0.193. The number of piperidine rings is 1. The van der Waals surface area contributed by atoms with E-state index in [9.17, 15) is 4.79 Å². The lowest BCUT2D eigenvalue weighted by Gasteiger charge is -2.47. The van der Waals surface area contributed by atoms with Crippen molar-refractivity contribution in [2.45, 2.75) is 44.8 Å². The molecule has 0 spiro atoms. The fraction of sp³-hybridized carbons (Fsp3) is 0.364. The van der Waals surface area contributed by atoms with Gasteiger partial charge in [0.2, 0.25) is 0 Å². The summed E-state index contributed by atoms with van der Waals surface area (Å²) in [5.74, 6) is 1.09. The number of benzene rings is 2. The van der Waals surface area contributed by atoms with Crippen LogP contribution in [-0.2, 0) is 6.54 Å². The Morgan fingerprint density at radius 3 is 2.28 bits per heavy atom. The Morgan fingerprint density at radius 2 is 1.60 bits per heavy atom. The molecule has 7 nitrogen and oxygen atoms in total. The maximum absolute atomic E-state index is 13.2. The Bertz CT molecular complexity index is 1550. The predicted octanol–water partition coefficient (Wildman–Crippen LogP) is 7.16. The van der Waals surface area contributed by atoms with Gasteiger partial charge in [-0.1, -0.05) is 53.9 Å². The topological polar surface area (TPSA) is 57.5 Å². The van der Waals surface area contributed by atoms with Gasteiger partial charge in [-0.05, 0) is 80.4 Å². The third-order valence-electron chi connectivity index (χ3n) is 8.68. The highest BCUT2D eigenvalue weighted by atomic mass is 35.5. The highest BCUT2D eigenvalue weighted by Crippen LogP contribution is 2.32. The molecule has 2 aliphatic rings. The second-order valence-corrected chi connectivity index (χ2v) is 12.6. The van der Waals surface area contributed by atoms with Crippen LogP contribution < -0.4 is 4.90 Å². The van der Waals surface area contributed by atoms with E-state index in [1.165, 1.54) is 23.0 Å². The minimum atomic E-state index is -0.193. The standard InChI is InChI=1S/C33H35Cl3N6O/c1-2-28-22-40(17-18-41(28)29-11-14-39(15-12-29)21-23-3-7-26(34)8-4-23)32-30(36)19-25(20-38-32)31-37-13-16-42(31)33(43)24-5-9-27(35)10-6-24/h3-10,13,16,19-20,28-29H,2,11-12,14-15,17-18,21-22H2,1H3/t28-/m0/s1. The Morgan fingerprint density at radius 1 is 0.907 bits per heavy atom. The average molecular weight is 638 g/mol. The molecule has 0 amide bonds. The molecule has 2 saturated heterocycles. The van der Waals surface area contributed by atoms with E-state index >= 15 is 0 Å². The number of piperazine rings is 1. The number of hydrogen-bond donors (Lipinski definition) is 0. The molecule has 0 saturated carbocycles. The van der Waals surface area contributed by atoms with E-state index in [1.54, 1.807) is 42.9 Å². The highest BCUT2D eigenvalue weighted by Gasteiger charge is 2.34. The largest absolute Gasteiger partial charge is 0.353 e. The van der Waals surface area contributed by atoms with Gasteiger partial charge in [-0.3, -0.25) is 19.2 Å².